The minimum Gasteiger partial charge on any atom is -0.496 e. The molecule has 6 heteroatoms. The molecule has 0 aliphatic rings. The monoisotopic (exact) mass is 609 g/mol. The summed E-state index contributed by atoms with van der Waals surface area (Å²) in [6.07, 6.45) is 0. The van der Waals surface area contributed by atoms with Gasteiger partial charge in [0, 0.05) is 31.9 Å². The van der Waals surface area contributed by atoms with Crippen molar-refractivity contribution in [3.8, 4) is 23.0 Å². The summed E-state index contributed by atoms with van der Waals surface area (Å²) in [5.74, 6) is 3.03. The molecule has 192 valence electrons. The Balaban J connectivity index is 2.04. The van der Waals surface area contributed by atoms with Crippen molar-refractivity contribution in [1.29, 1.82) is 0 Å². The zero-order chi connectivity index (χ0) is 26.5. The van der Waals surface area contributed by atoms with Gasteiger partial charge in [0.05, 0.1) is 39.8 Å². The van der Waals surface area contributed by atoms with Gasteiger partial charge >= 0.3 is 0 Å². The van der Waals surface area contributed by atoms with Gasteiger partial charge in [0.1, 0.15) is 23.0 Å². The third-order valence-corrected chi connectivity index (χ3v) is 7.36. The molecule has 1 unspecified atom stereocenters. The van der Waals surface area contributed by atoms with E-state index in [1.165, 1.54) is 3.57 Å². The van der Waals surface area contributed by atoms with Crippen molar-refractivity contribution >= 4 is 39.7 Å². The zero-order valence-corrected chi connectivity index (χ0v) is 24.2. The van der Waals surface area contributed by atoms with Crippen LogP contribution in [0.4, 0.5) is 17.1 Å². The van der Waals surface area contributed by atoms with Crippen molar-refractivity contribution in [3.05, 3.63) is 99.1 Å². The molecule has 0 heterocycles. The van der Waals surface area contributed by atoms with Crippen LogP contribution in [0.25, 0.3) is 0 Å². The molecule has 4 aromatic rings. The molecule has 4 rings (SSSR count). The molecule has 0 aromatic heterocycles. The van der Waals surface area contributed by atoms with E-state index in [4.69, 9.17) is 18.9 Å². The Morgan fingerprint density at radius 2 is 1.05 bits per heavy atom. The van der Waals surface area contributed by atoms with E-state index in [1.807, 2.05) is 42.5 Å². The van der Waals surface area contributed by atoms with Crippen LogP contribution < -0.4 is 23.8 Å². The summed E-state index contributed by atoms with van der Waals surface area (Å²) in [6.45, 7) is 4.24. The first-order chi connectivity index (χ1) is 17.9. The van der Waals surface area contributed by atoms with Crippen LogP contribution in [0.3, 0.4) is 0 Å². The second-order valence-electron chi connectivity index (χ2n) is 8.61. The molecule has 37 heavy (non-hydrogen) atoms. The first-order valence-corrected chi connectivity index (χ1v) is 13.1. The van der Waals surface area contributed by atoms with Crippen LogP contribution in [0.5, 0.6) is 23.0 Å². The van der Waals surface area contributed by atoms with Crippen molar-refractivity contribution < 1.29 is 18.9 Å². The normalized spacial score (nSPS) is 11.5. The Morgan fingerprint density at radius 3 is 1.59 bits per heavy atom. The summed E-state index contributed by atoms with van der Waals surface area (Å²) in [5, 5.41) is 0. The quantitative estimate of drug-likeness (QED) is 0.179. The maximum Gasteiger partial charge on any atom is 0.126 e. The molecule has 0 aliphatic heterocycles. The summed E-state index contributed by atoms with van der Waals surface area (Å²) in [5.41, 5.74) is 6.08. The second kappa shape index (κ2) is 11.8. The standard InChI is InChI=1S/C31H32INO4/c1-20-24(10-7-12-26(20)34-3)33(23-18-16-22(32)17-19-23)25-11-8-13-27(35-4)30(25)21(2)31-28(36-5)14-9-15-29(31)37-6/h7-19,21H,1-6H3. The van der Waals surface area contributed by atoms with Crippen molar-refractivity contribution in [2.45, 2.75) is 19.8 Å². The fourth-order valence-electron chi connectivity index (χ4n) is 4.86. The molecular weight excluding hydrogens is 577 g/mol. The number of anilines is 3. The van der Waals surface area contributed by atoms with E-state index in [9.17, 15) is 0 Å². The fourth-order valence-corrected chi connectivity index (χ4v) is 5.22. The van der Waals surface area contributed by atoms with Crippen LogP contribution in [0, 0.1) is 10.5 Å². The zero-order valence-electron chi connectivity index (χ0n) is 22.0. The van der Waals surface area contributed by atoms with E-state index in [0.717, 1.165) is 56.8 Å². The Kier molecular flexibility index (Phi) is 8.48. The molecular formula is C31H32INO4. The number of ether oxygens (including phenoxy) is 4. The fraction of sp³-hybridized carbons (Fsp3) is 0.226. The Morgan fingerprint density at radius 1 is 0.595 bits per heavy atom. The minimum atomic E-state index is -0.116. The lowest BCUT2D eigenvalue weighted by atomic mass is 9.88. The summed E-state index contributed by atoms with van der Waals surface area (Å²) in [4.78, 5) is 2.27. The van der Waals surface area contributed by atoms with E-state index in [1.54, 1.807) is 28.4 Å². The van der Waals surface area contributed by atoms with Crippen molar-refractivity contribution in [2.24, 2.45) is 0 Å². The predicted octanol–water partition coefficient (Wildman–Crippen LogP) is 8.26. The van der Waals surface area contributed by atoms with Crippen molar-refractivity contribution in [2.75, 3.05) is 33.3 Å². The predicted molar refractivity (Wildman–Crippen MR) is 159 cm³/mol. The lowest BCUT2D eigenvalue weighted by molar-refractivity contribution is 0.380. The van der Waals surface area contributed by atoms with Crippen LogP contribution in [0.15, 0.2) is 78.9 Å². The van der Waals surface area contributed by atoms with Crippen LogP contribution in [-0.4, -0.2) is 28.4 Å². The SMILES string of the molecule is COc1cccc(N(c2ccc(I)cc2)c2cccc(OC)c2C(C)c2c(OC)cccc2OC)c1C. The van der Waals surface area contributed by atoms with Gasteiger partial charge in [0.25, 0.3) is 0 Å². The summed E-state index contributed by atoms with van der Waals surface area (Å²) >= 11 is 2.33. The number of methoxy groups -OCH3 is 4. The smallest absolute Gasteiger partial charge is 0.126 e. The molecule has 0 bridgehead atoms. The van der Waals surface area contributed by atoms with E-state index >= 15 is 0 Å². The van der Waals surface area contributed by atoms with Gasteiger partial charge in [0.15, 0.2) is 0 Å². The molecule has 4 aromatic carbocycles. The minimum absolute atomic E-state index is 0.116. The highest BCUT2D eigenvalue weighted by Gasteiger charge is 2.28. The lowest BCUT2D eigenvalue weighted by Crippen LogP contribution is -2.16. The largest absolute Gasteiger partial charge is 0.496 e. The molecule has 0 amide bonds. The van der Waals surface area contributed by atoms with E-state index in [0.29, 0.717) is 0 Å². The highest BCUT2D eigenvalue weighted by Crippen LogP contribution is 2.49. The molecule has 0 saturated carbocycles. The number of benzene rings is 4. The van der Waals surface area contributed by atoms with Gasteiger partial charge < -0.3 is 23.8 Å². The van der Waals surface area contributed by atoms with Crippen LogP contribution in [-0.2, 0) is 0 Å². The number of rotatable bonds is 9. The maximum atomic E-state index is 5.96. The first kappa shape index (κ1) is 26.7. The highest BCUT2D eigenvalue weighted by molar-refractivity contribution is 14.1. The molecule has 0 N–H and O–H groups in total. The van der Waals surface area contributed by atoms with Crippen molar-refractivity contribution in [1.82, 2.24) is 0 Å². The average Bonchev–Trinajstić information content (AvgIpc) is 2.94. The van der Waals surface area contributed by atoms with E-state index < -0.39 is 0 Å². The molecule has 0 spiro atoms. The average molecular weight is 610 g/mol. The number of halogens is 1. The summed E-state index contributed by atoms with van der Waals surface area (Å²) in [6, 6.07) is 26.7. The van der Waals surface area contributed by atoms with Crippen LogP contribution >= 0.6 is 22.6 Å². The molecule has 5 nitrogen and oxygen atoms in total. The van der Waals surface area contributed by atoms with Gasteiger partial charge in [-0.25, -0.2) is 0 Å². The van der Waals surface area contributed by atoms with Gasteiger partial charge in [-0.3, -0.25) is 0 Å². The molecule has 0 radical (unpaired) electrons. The van der Waals surface area contributed by atoms with Gasteiger partial charge in [0.2, 0.25) is 0 Å². The number of nitrogens with zero attached hydrogens (tertiary/aromatic N) is 1. The van der Waals surface area contributed by atoms with Gasteiger partial charge in [-0.05, 0) is 90.2 Å². The Hall–Kier alpha value is -3.39. The van der Waals surface area contributed by atoms with Gasteiger partial charge in [-0.15, -0.1) is 0 Å². The lowest BCUT2D eigenvalue weighted by Gasteiger charge is -2.32. The van der Waals surface area contributed by atoms with Crippen molar-refractivity contribution in [3.63, 3.8) is 0 Å². The molecule has 1 atom stereocenters. The third-order valence-electron chi connectivity index (χ3n) is 6.64. The Labute approximate surface area is 233 Å². The topological polar surface area (TPSA) is 40.2 Å². The van der Waals surface area contributed by atoms with Crippen LogP contribution in [0.2, 0.25) is 0 Å². The molecule has 0 saturated heterocycles. The maximum absolute atomic E-state index is 5.96. The molecule has 0 aliphatic carbocycles. The van der Waals surface area contributed by atoms with Gasteiger partial charge in [-0.2, -0.15) is 0 Å². The van der Waals surface area contributed by atoms with E-state index in [-0.39, 0.29) is 5.92 Å². The van der Waals surface area contributed by atoms with Crippen LogP contribution in [0.1, 0.15) is 29.5 Å². The first-order valence-electron chi connectivity index (χ1n) is 12.0. The Bertz CT molecular complexity index is 1350. The van der Waals surface area contributed by atoms with Gasteiger partial charge in [-0.1, -0.05) is 25.1 Å². The van der Waals surface area contributed by atoms with E-state index in [2.05, 4.69) is 77.7 Å². The molecule has 0 fully saturated rings. The number of hydrogen-bond acceptors (Lipinski definition) is 5. The summed E-state index contributed by atoms with van der Waals surface area (Å²) < 4.78 is 24.4. The highest BCUT2D eigenvalue weighted by atomic mass is 127. The number of hydrogen-bond donors (Lipinski definition) is 0. The summed E-state index contributed by atoms with van der Waals surface area (Å²) in [7, 11) is 6.78. The second-order valence-corrected chi connectivity index (χ2v) is 9.85. The third kappa shape index (κ3) is 5.21.